The van der Waals surface area contributed by atoms with Crippen molar-refractivity contribution in [1.29, 1.82) is 0 Å². The van der Waals surface area contributed by atoms with Gasteiger partial charge in [-0.25, -0.2) is 11.0 Å². The Morgan fingerprint density at radius 1 is 0.833 bits per heavy atom. The fraction of sp³-hybridized carbons (Fsp3) is 1.00. The quantitative estimate of drug-likeness (QED) is 0.525. The van der Waals surface area contributed by atoms with Gasteiger partial charge in [0.25, 0.3) is 0 Å². The van der Waals surface area contributed by atoms with Gasteiger partial charge in [-0.2, -0.15) is 0 Å². The van der Waals surface area contributed by atoms with Crippen molar-refractivity contribution < 1.29 is 10.4 Å². The molecule has 0 heterocycles. The summed E-state index contributed by atoms with van der Waals surface area (Å²) in [4.78, 5) is 0. The van der Waals surface area contributed by atoms with Gasteiger partial charge >= 0.3 is 0 Å². The summed E-state index contributed by atoms with van der Waals surface area (Å²) in [5.74, 6) is 0. The van der Waals surface area contributed by atoms with Crippen molar-refractivity contribution in [2.24, 2.45) is 0 Å². The third-order valence-corrected chi connectivity index (χ3v) is 2.10. The third kappa shape index (κ3) is 3.89. The van der Waals surface area contributed by atoms with E-state index in [0.717, 1.165) is 25.7 Å². The molecule has 1 aliphatic carbocycles. The molecule has 0 amide bonds. The SMILES string of the molecule is Cl.Cl.ON[C@H]1CCCC[C@H]1NO. The highest BCUT2D eigenvalue weighted by Gasteiger charge is 2.23. The summed E-state index contributed by atoms with van der Waals surface area (Å²) in [6, 6.07) is 0.0255. The van der Waals surface area contributed by atoms with Crippen LogP contribution in [0.2, 0.25) is 0 Å². The summed E-state index contributed by atoms with van der Waals surface area (Å²) in [7, 11) is 0. The van der Waals surface area contributed by atoms with Gasteiger partial charge in [0.1, 0.15) is 0 Å². The van der Waals surface area contributed by atoms with Crippen LogP contribution in [0.15, 0.2) is 0 Å². The molecule has 0 aromatic rings. The number of hydrogen-bond donors (Lipinski definition) is 4. The number of hydroxylamine groups is 2. The van der Waals surface area contributed by atoms with Gasteiger partial charge in [-0.1, -0.05) is 12.8 Å². The summed E-state index contributed by atoms with van der Waals surface area (Å²) in [6.07, 6.45) is 4.09. The minimum absolute atomic E-state index is 0. The average molecular weight is 219 g/mol. The van der Waals surface area contributed by atoms with Gasteiger partial charge in [0, 0.05) is 12.1 Å². The Hall–Kier alpha value is 0.420. The second-order valence-corrected chi connectivity index (χ2v) is 2.76. The summed E-state index contributed by atoms with van der Waals surface area (Å²) >= 11 is 0. The summed E-state index contributed by atoms with van der Waals surface area (Å²) in [5.41, 5.74) is 4.36. The molecule has 76 valence electrons. The monoisotopic (exact) mass is 218 g/mol. The lowest BCUT2D eigenvalue weighted by atomic mass is 9.91. The molecule has 0 aromatic carbocycles. The van der Waals surface area contributed by atoms with Crippen LogP contribution in [0.5, 0.6) is 0 Å². The molecule has 0 aliphatic heterocycles. The molecule has 4 nitrogen and oxygen atoms in total. The van der Waals surface area contributed by atoms with E-state index in [9.17, 15) is 0 Å². The molecular formula is C6H16Cl2N2O2. The van der Waals surface area contributed by atoms with Crippen LogP contribution in [0.4, 0.5) is 0 Å². The first kappa shape index (κ1) is 14.9. The third-order valence-electron chi connectivity index (χ3n) is 2.10. The van der Waals surface area contributed by atoms with Crippen LogP contribution in [0.1, 0.15) is 25.7 Å². The van der Waals surface area contributed by atoms with Crippen molar-refractivity contribution in [1.82, 2.24) is 11.0 Å². The first-order valence-corrected chi connectivity index (χ1v) is 3.67. The van der Waals surface area contributed by atoms with Crippen molar-refractivity contribution in [3.05, 3.63) is 0 Å². The van der Waals surface area contributed by atoms with Gasteiger partial charge in [-0.15, -0.1) is 24.8 Å². The maximum atomic E-state index is 8.59. The van der Waals surface area contributed by atoms with Crippen LogP contribution in [0, 0.1) is 0 Å². The largest absolute Gasteiger partial charge is 0.316 e. The normalized spacial score (nSPS) is 28.5. The van der Waals surface area contributed by atoms with Gasteiger partial charge in [0.15, 0.2) is 0 Å². The predicted octanol–water partition coefficient (Wildman–Crippen LogP) is 1.10. The molecule has 0 radical (unpaired) electrons. The topological polar surface area (TPSA) is 64.5 Å². The molecule has 1 aliphatic rings. The Kier molecular flexibility index (Phi) is 9.99. The molecule has 1 fully saturated rings. The van der Waals surface area contributed by atoms with Crippen LogP contribution in [-0.2, 0) is 0 Å². The van der Waals surface area contributed by atoms with E-state index in [1.807, 2.05) is 0 Å². The minimum Gasteiger partial charge on any atom is -0.316 e. The first-order valence-electron chi connectivity index (χ1n) is 3.67. The first-order chi connectivity index (χ1) is 4.88. The zero-order valence-electron chi connectivity index (χ0n) is 6.69. The lowest BCUT2D eigenvalue weighted by Gasteiger charge is -2.28. The summed E-state index contributed by atoms with van der Waals surface area (Å²) in [6.45, 7) is 0. The van der Waals surface area contributed by atoms with Crippen molar-refractivity contribution in [2.45, 2.75) is 37.8 Å². The van der Waals surface area contributed by atoms with E-state index in [4.69, 9.17) is 10.4 Å². The van der Waals surface area contributed by atoms with Crippen LogP contribution in [0.25, 0.3) is 0 Å². The molecule has 0 spiro atoms. The number of rotatable bonds is 2. The Morgan fingerprint density at radius 2 is 1.17 bits per heavy atom. The van der Waals surface area contributed by atoms with Crippen molar-refractivity contribution >= 4 is 24.8 Å². The zero-order valence-corrected chi connectivity index (χ0v) is 8.33. The van der Waals surface area contributed by atoms with E-state index in [1.165, 1.54) is 0 Å². The molecule has 6 heteroatoms. The molecule has 0 aromatic heterocycles. The van der Waals surface area contributed by atoms with E-state index in [0.29, 0.717) is 0 Å². The van der Waals surface area contributed by atoms with Crippen molar-refractivity contribution in [2.75, 3.05) is 0 Å². The second-order valence-electron chi connectivity index (χ2n) is 2.76. The Balaban J connectivity index is 0. The highest BCUT2D eigenvalue weighted by atomic mass is 35.5. The molecule has 2 atom stereocenters. The second kappa shape index (κ2) is 8.04. The zero-order chi connectivity index (χ0) is 7.40. The molecular weight excluding hydrogens is 203 g/mol. The minimum atomic E-state index is 0. The average Bonchev–Trinajstić information content (AvgIpc) is 2.04. The van der Waals surface area contributed by atoms with E-state index < -0.39 is 0 Å². The smallest absolute Gasteiger partial charge is 0.0495 e. The molecule has 4 N–H and O–H groups in total. The molecule has 12 heavy (non-hydrogen) atoms. The lowest BCUT2D eigenvalue weighted by molar-refractivity contribution is 0.0331. The van der Waals surface area contributed by atoms with Crippen molar-refractivity contribution in [3.63, 3.8) is 0 Å². The molecule has 0 bridgehead atoms. The summed E-state index contributed by atoms with van der Waals surface area (Å²) < 4.78 is 0. The van der Waals surface area contributed by atoms with Gasteiger partial charge in [0.05, 0.1) is 0 Å². The van der Waals surface area contributed by atoms with Gasteiger partial charge in [-0.3, -0.25) is 0 Å². The predicted molar refractivity (Wildman–Crippen MR) is 50.4 cm³/mol. The maximum Gasteiger partial charge on any atom is 0.0495 e. The summed E-state index contributed by atoms with van der Waals surface area (Å²) in [5, 5.41) is 17.2. The van der Waals surface area contributed by atoms with Gasteiger partial charge < -0.3 is 10.4 Å². The highest BCUT2D eigenvalue weighted by Crippen LogP contribution is 2.17. The van der Waals surface area contributed by atoms with E-state index in [1.54, 1.807) is 0 Å². The van der Waals surface area contributed by atoms with Crippen LogP contribution in [-0.4, -0.2) is 22.5 Å². The van der Waals surface area contributed by atoms with E-state index in [2.05, 4.69) is 11.0 Å². The standard InChI is InChI=1S/C6H14N2O2.2ClH/c9-7-5-3-1-2-4-6(5)8-10;;/h5-10H,1-4H2;2*1H/t5-,6+;;. The van der Waals surface area contributed by atoms with E-state index >= 15 is 0 Å². The van der Waals surface area contributed by atoms with Crippen molar-refractivity contribution in [3.8, 4) is 0 Å². The van der Waals surface area contributed by atoms with Gasteiger partial charge in [-0.05, 0) is 12.8 Å². The Labute approximate surface area is 84.5 Å². The van der Waals surface area contributed by atoms with Gasteiger partial charge in [0.2, 0.25) is 0 Å². The Morgan fingerprint density at radius 3 is 1.42 bits per heavy atom. The highest BCUT2D eigenvalue weighted by molar-refractivity contribution is 5.85. The van der Waals surface area contributed by atoms with E-state index in [-0.39, 0.29) is 36.9 Å². The number of hydrogen-bond acceptors (Lipinski definition) is 4. The lowest BCUT2D eigenvalue weighted by Crippen LogP contribution is -2.47. The maximum absolute atomic E-state index is 8.59. The number of nitrogens with one attached hydrogen (secondary N) is 2. The molecule has 0 unspecified atom stereocenters. The number of halogens is 2. The van der Waals surface area contributed by atoms with Crippen LogP contribution >= 0.6 is 24.8 Å². The molecule has 1 saturated carbocycles. The van der Waals surface area contributed by atoms with Crippen LogP contribution < -0.4 is 11.0 Å². The fourth-order valence-electron chi connectivity index (χ4n) is 1.44. The van der Waals surface area contributed by atoms with Crippen LogP contribution in [0.3, 0.4) is 0 Å². The molecule has 0 saturated heterocycles. The Bertz CT molecular complexity index is 95.5. The molecule has 1 rings (SSSR count). The fourth-order valence-corrected chi connectivity index (χ4v) is 1.44.